The van der Waals surface area contributed by atoms with Crippen molar-refractivity contribution in [3.63, 3.8) is 0 Å². The van der Waals surface area contributed by atoms with Crippen molar-refractivity contribution in [2.45, 2.75) is 45.3 Å². The summed E-state index contributed by atoms with van der Waals surface area (Å²) < 4.78 is 5.65. The summed E-state index contributed by atoms with van der Waals surface area (Å²) in [7, 11) is 0. The highest BCUT2D eigenvalue weighted by atomic mass is 16.5. The molecule has 2 unspecified atom stereocenters. The van der Waals surface area contributed by atoms with Crippen molar-refractivity contribution in [2.24, 2.45) is 0 Å². The fourth-order valence-corrected chi connectivity index (χ4v) is 2.30. The fourth-order valence-electron chi connectivity index (χ4n) is 2.30. The monoisotopic (exact) mass is 219 g/mol. The van der Waals surface area contributed by atoms with Gasteiger partial charge in [0.1, 0.15) is 0 Å². The highest BCUT2D eigenvalue weighted by Crippen LogP contribution is 2.19. The summed E-state index contributed by atoms with van der Waals surface area (Å²) >= 11 is 0. The van der Waals surface area contributed by atoms with Gasteiger partial charge in [-0.1, -0.05) is 12.1 Å². The molecule has 0 bridgehead atoms. The van der Waals surface area contributed by atoms with E-state index < -0.39 is 0 Å². The van der Waals surface area contributed by atoms with Crippen molar-refractivity contribution in [2.75, 3.05) is 11.9 Å². The van der Waals surface area contributed by atoms with Gasteiger partial charge in [0.05, 0.1) is 6.10 Å². The van der Waals surface area contributed by atoms with E-state index in [1.165, 1.54) is 24.1 Å². The summed E-state index contributed by atoms with van der Waals surface area (Å²) in [6.45, 7) is 5.29. The molecule has 0 aliphatic carbocycles. The van der Waals surface area contributed by atoms with E-state index in [4.69, 9.17) is 4.74 Å². The first-order chi connectivity index (χ1) is 7.74. The number of nitrogens with one attached hydrogen (secondary N) is 1. The van der Waals surface area contributed by atoms with Gasteiger partial charge in [0.2, 0.25) is 0 Å². The number of anilines is 1. The molecule has 0 saturated carbocycles. The van der Waals surface area contributed by atoms with E-state index in [2.05, 4.69) is 43.4 Å². The molecule has 2 atom stereocenters. The fraction of sp³-hybridized carbons (Fsp3) is 0.571. The summed E-state index contributed by atoms with van der Waals surface area (Å²) in [5, 5.41) is 3.53. The Hall–Kier alpha value is -1.02. The minimum absolute atomic E-state index is 0.465. The first-order valence-corrected chi connectivity index (χ1v) is 6.19. The van der Waals surface area contributed by atoms with Gasteiger partial charge in [0.15, 0.2) is 0 Å². The SMILES string of the molecule is Cc1cccc(NC(C)CC2CCCO2)c1. The van der Waals surface area contributed by atoms with Crippen LogP contribution in [0.2, 0.25) is 0 Å². The lowest BCUT2D eigenvalue weighted by molar-refractivity contribution is 0.101. The number of benzene rings is 1. The molecule has 1 aliphatic rings. The van der Waals surface area contributed by atoms with Crippen molar-refractivity contribution in [3.05, 3.63) is 29.8 Å². The van der Waals surface area contributed by atoms with Crippen LogP contribution in [0, 0.1) is 6.92 Å². The average molecular weight is 219 g/mol. The predicted octanol–water partition coefficient (Wildman–Crippen LogP) is 3.36. The first-order valence-electron chi connectivity index (χ1n) is 6.19. The third-order valence-electron chi connectivity index (χ3n) is 3.07. The maximum atomic E-state index is 5.65. The number of ether oxygens (including phenoxy) is 1. The van der Waals surface area contributed by atoms with E-state index in [9.17, 15) is 0 Å². The topological polar surface area (TPSA) is 21.3 Å². The molecule has 0 spiro atoms. The molecule has 0 radical (unpaired) electrons. The van der Waals surface area contributed by atoms with Gasteiger partial charge < -0.3 is 10.1 Å². The van der Waals surface area contributed by atoms with E-state index >= 15 is 0 Å². The van der Waals surface area contributed by atoms with E-state index in [1.807, 2.05) is 0 Å². The van der Waals surface area contributed by atoms with Gasteiger partial charge in [-0.3, -0.25) is 0 Å². The van der Waals surface area contributed by atoms with Crippen molar-refractivity contribution in [3.8, 4) is 0 Å². The average Bonchev–Trinajstić information content (AvgIpc) is 2.70. The molecule has 0 aromatic heterocycles. The van der Waals surface area contributed by atoms with Crippen molar-refractivity contribution in [1.29, 1.82) is 0 Å². The van der Waals surface area contributed by atoms with E-state index in [-0.39, 0.29) is 0 Å². The van der Waals surface area contributed by atoms with Crippen LogP contribution < -0.4 is 5.32 Å². The van der Waals surface area contributed by atoms with Crippen LogP contribution in [0.5, 0.6) is 0 Å². The Balaban J connectivity index is 1.84. The Morgan fingerprint density at radius 1 is 1.50 bits per heavy atom. The minimum Gasteiger partial charge on any atom is -0.382 e. The summed E-state index contributed by atoms with van der Waals surface area (Å²) in [6.07, 6.45) is 4.02. The van der Waals surface area contributed by atoms with E-state index in [1.54, 1.807) is 0 Å². The quantitative estimate of drug-likeness (QED) is 0.838. The second-order valence-corrected chi connectivity index (χ2v) is 4.79. The molecule has 1 saturated heterocycles. The molecule has 1 N–H and O–H groups in total. The van der Waals surface area contributed by atoms with E-state index in [0.717, 1.165) is 13.0 Å². The second kappa shape index (κ2) is 5.35. The van der Waals surface area contributed by atoms with Gasteiger partial charge in [-0.25, -0.2) is 0 Å². The smallest absolute Gasteiger partial charge is 0.0595 e. The lowest BCUT2D eigenvalue weighted by Crippen LogP contribution is -2.22. The van der Waals surface area contributed by atoms with Gasteiger partial charge >= 0.3 is 0 Å². The summed E-state index contributed by atoms with van der Waals surface area (Å²) in [6, 6.07) is 9.00. The van der Waals surface area contributed by atoms with Crippen LogP contribution in [-0.2, 0) is 4.74 Å². The Bertz CT molecular complexity index is 331. The van der Waals surface area contributed by atoms with Crippen LogP contribution in [0.25, 0.3) is 0 Å². The Kier molecular flexibility index (Phi) is 3.83. The van der Waals surface area contributed by atoms with Crippen molar-refractivity contribution >= 4 is 5.69 Å². The standard InChI is InChI=1S/C14H21NO/c1-11-5-3-6-13(9-11)15-12(2)10-14-7-4-8-16-14/h3,5-6,9,12,14-15H,4,7-8,10H2,1-2H3. The molecule has 0 amide bonds. The molecule has 1 aromatic carbocycles. The third-order valence-corrected chi connectivity index (χ3v) is 3.07. The lowest BCUT2D eigenvalue weighted by atomic mass is 10.1. The number of hydrogen-bond acceptors (Lipinski definition) is 2. The van der Waals surface area contributed by atoms with Crippen LogP contribution in [-0.4, -0.2) is 18.8 Å². The maximum absolute atomic E-state index is 5.65. The molecule has 2 rings (SSSR count). The Labute approximate surface area is 98.0 Å². The summed E-state index contributed by atoms with van der Waals surface area (Å²) in [5.74, 6) is 0. The number of aryl methyl sites for hydroxylation is 1. The van der Waals surface area contributed by atoms with Gasteiger partial charge in [-0.05, 0) is 50.8 Å². The van der Waals surface area contributed by atoms with E-state index in [0.29, 0.717) is 12.1 Å². The van der Waals surface area contributed by atoms with Gasteiger partial charge in [0.25, 0.3) is 0 Å². The molecule has 16 heavy (non-hydrogen) atoms. The van der Waals surface area contributed by atoms with Crippen LogP contribution in [0.3, 0.4) is 0 Å². The molecule has 1 aliphatic heterocycles. The van der Waals surface area contributed by atoms with Gasteiger partial charge in [-0.15, -0.1) is 0 Å². The van der Waals surface area contributed by atoms with Crippen molar-refractivity contribution < 1.29 is 4.74 Å². The van der Waals surface area contributed by atoms with Crippen LogP contribution >= 0.6 is 0 Å². The van der Waals surface area contributed by atoms with Crippen LogP contribution in [0.4, 0.5) is 5.69 Å². The molecular formula is C14H21NO. The zero-order valence-corrected chi connectivity index (χ0v) is 10.2. The summed E-state index contributed by atoms with van der Waals surface area (Å²) in [4.78, 5) is 0. The van der Waals surface area contributed by atoms with Gasteiger partial charge in [-0.2, -0.15) is 0 Å². The minimum atomic E-state index is 0.465. The zero-order chi connectivity index (χ0) is 11.4. The van der Waals surface area contributed by atoms with Crippen LogP contribution in [0.15, 0.2) is 24.3 Å². The van der Waals surface area contributed by atoms with Gasteiger partial charge in [0, 0.05) is 18.3 Å². The first kappa shape index (κ1) is 11.5. The predicted molar refractivity (Wildman–Crippen MR) is 67.9 cm³/mol. The second-order valence-electron chi connectivity index (χ2n) is 4.79. The molecular weight excluding hydrogens is 198 g/mol. The van der Waals surface area contributed by atoms with Crippen LogP contribution in [0.1, 0.15) is 31.7 Å². The molecule has 2 heteroatoms. The maximum Gasteiger partial charge on any atom is 0.0595 e. The normalized spacial score (nSPS) is 22.0. The molecule has 2 nitrogen and oxygen atoms in total. The molecule has 1 heterocycles. The highest BCUT2D eigenvalue weighted by molar-refractivity contribution is 5.46. The Morgan fingerprint density at radius 3 is 3.06 bits per heavy atom. The summed E-state index contributed by atoms with van der Waals surface area (Å²) in [5.41, 5.74) is 2.51. The molecule has 1 aromatic rings. The highest BCUT2D eigenvalue weighted by Gasteiger charge is 2.18. The zero-order valence-electron chi connectivity index (χ0n) is 10.2. The number of hydrogen-bond donors (Lipinski definition) is 1. The molecule has 1 fully saturated rings. The lowest BCUT2D eigenvalue weighted by Gasteiger charge is -2.19. The number of rotatable bonds is 4. The largest absolute Gasteiger partial charge is 0.382 e. The Morgan fingerprint density at radius 2 is 2.38 bits per heavy atom. The van der Waals surface area contributed by atoms with Crippen molar-refractivity contribution in [1.82, 2.24) is 0 Å². The molecule has 88 valence electrons. The third kappa shape index (κ3) is 3.24.